The molecule has 0 spiro atoms. The number of halogens is 1. The molecule has 2 fully saturated rings. The van der Waals surface area contributed by atoms with E-state index in [0.717, 1.165) is 19.6 Å². The Kier molecular flexibility index (Phi) is 2.36. The lowest BCUT2D eigenvalue weighted by Gasteiger charge is -2.34. The summed E-state index contributed by atoms with van der Waals surface area (Å²) in [5, 5.41) is 7.91. The molecule has 2 aliphatic heterocycles. The maximum atomic E-state index is 13.3. The Morgan fingerprint density at radius 2 is 2.20 bits per heavy atom. The van der Waals surface area contributed by atoms with Crippen LogP contribution in [0, 0.1) is 17.7 Å². The van der Waals surface area contributed by atoms with Crippen molar-refractivity contribution in [2.45, 2.75) is 19.4 Å². The van der Waals surface area contributed by atoms with Gasteiger partial charge in [-0.3, -0.25) is 0 Å². The van der Waals surface area contributed by atoms with Gasteiger partial charge in [-0.1, -0.05) is 0 Å². The van der Waals surface area contributed by atoms with Crippen molar-refractivity contribution in [3.8, 4) is 0 Å². The molecule has 0 bridgehead atoms. The second-order valence-corrected chi connectivity index (χ2v) is 6.35. The third-order valence-corrected chi connectivity index (χ3v) is 4.89. The Morgan fingerprint density at radius 3 is 3.00 bits per heavy atom. The SMILES string of the molecule is CC1(C)C2CNCC2CN1c1nc2ccc(F)cn2n1. The summed E-state index contributed by atoms with van der Waals surface area (Å²) in [6.45, 7) is 7.57. The van der Waals surface area contributed by atoms with Crippen LogP contribution in [-0.4, -0.2) is 39.8 Å². The predicted octanol–water partition coefficient (Wildman–Crippen LogP) is 1.30. The van der Waals surface area contributed by atoms with Crippen LogP contribution in [0.4, 0.5) is 10.3 Å². The number of fused-ring (bicyclic) bond motifs is 2. The van der Waals surface area contributed by atoms with E-state index in [-0.39, 0.29) is 11.4 Å². The molecule has 4 rings (SSSR count). The molecule has 0 saturated carbocycles. The van der Waals surface area contributed by atoms with Crippen LogP contribution < -0.4 is 10.2 Å². The summed E-state index contributed by atoms with van der Waals surface area (Å²) < 4.78 is 14.8. The van der Waals surface area contributed by atoms with Crippen LogP contribution in [0.25, 0.3) is 5.65 Å². The average molecular weight is 275 g/mol. The van der Waals surface area contributed by atoms with E-state index in [0.29, 0.717) is 23.4 Å². The number of nitrogens with one attached hydrogen (secondary N) is 1. The zero-order valence-corrected chi connectivity index (χ0v) is 11.7. The van der Waals surface area contributed by atoms with Crippen molar-refractivity contribution in [2.24, 2.45) is 11.8 Å². The van der Waals surface area contributed by atoms with Gasteiger partial charge in [-0.15, -0.1) is 5.10 Å². The van der Waals surface area contributed by atoms with Crippen LogP contribution in [0.3, 0.4) is 0 Å². The summed E-state index contributed by atoms with van der Waals surface area (Å²) >= 11 is 0. The number of aromatic nitrogens is 3. The second kappa shape index (κ2) is 3.91. The number of anilines is 1. The summed E-state index contributed by atoms with van der Waals surface area (Å²) in [5.74, 6) is 1.67. The highest BCUT2D eigenvalue weighted by atomic mass is 19.1. The molecule has 5 nitrogen and oxygen atoms in total. The van der Waals surface area contributed by atoms with E-state index >= 15 is 0 Å². The van der Waals surface area contributed by atoms with Crippen LogP contribution in [0.5, 0.6) is 0 Å². The Hall–Kier alpha value is -1.69. The van der Waals surface area contributed by atoms with Crippen LogP contribution in [0.1, 0.15) is 13.8 Å². The molecule has 2 aliphatic rings. The minimum absolute atomic E-state index is 0.0254. The van der Waals surface area contributed by atoms with E-state index in [2.05, 4.69) is 34.1 Å². The van der Waals surface area contributed by atoms with Crippen molar-refractivity contribution >= 4 is 11.6 Å². The summed E-state index contributed by atoms with van der Waals surface area (Å²) in [6, 6.07) is 3.08. The van der Waals surface area contributed by atoms with Gasteiger partial charge in [0.05, 0.1) is 6.20 Å². The van der Waals surface area contributed by atoms with Crippen LogP contribution in [0.2, 0.25) is 0 Å². The Labute approximate surface area is 116 Å². The minimum Gasteiger partial charge on any atom is -0.334 e. The molecular formula is C14H18FN5. The Morgan fingerprint density at radius 1 is 1.35 bits per heavy atom. The van der Waals surface area contributed by atoms with Gasteiger partial charge in [0.25, 0.3) is 0 Å². The highest BCUT2D eigenvalue weighted by molar-refractivity contribution is 5.47. The van der Waals surface area contributed by atoms with Gasteiger partial charge in [0.2, 0.25) is 5.95 Å². The zero-order chi connectivity index (χ0) is 13.9. The van der Waals surface area contributed by atoms with Gasteiger partial charge in [-0.05, 0) is 37.8 Å². The van der Waals surface area contributed by atoms with Gasteiger partial charge in [0.1, 0.15) is 5.82 Å². The average Bonchev–Trinajstić information content (AvgIpc) is 3.04. The van der Waals surface area contributed by atoms with Crippen LogP contribution in [-0.2, 0) is 0 Å². The first kappa shape index (κ1) is 12.1. The Bertz CT molecular complexity index is 665. The maximum absolute atomic E-state index is 13.3. The molecule has 2 aromatic rings. The lowest BCUT2D eigenvalue weighted by Crippen LogP contribution is -2.45. The van der Waals surface area contributed by atoms with Gasteiger partial charge in [-0.2, -0.15) is 4.98 Å². The molecule has 106 valence electrons. The number of hydrogen-bond acceptors (Lipinski definition) is 4. The molecule has 6 heteroatoms. The van der Waals surface area contributed by atoms with Crippen LogP contribution >= 0.6 is 0 Å². The van der Waals surface area contributed by atoms with Crippen molar-refractivity contribution in [3.05, 3.63) is 24.1 Å². The van der Waals surface area contributed by atoms with Gasteiger partial charge < -0.3 is 10.2 Å². The molecule has 1 N–H and O–H groups in total. The van der Waals surface area contributed by atoms with Crippen molar-refractivity contribution in [1.29, 1.82) is 0 Å². The number of pyridine rings is 1. The molecule has 2 aromatic heterocycles. The van der Waals surface area contributed by atoms with E-state index in [1.165, 1.54) is 16.8 Å². The molecule has 0 aliphatic carbocycles. The number of hydrogen-bond donors (Lipinski definition) is 1. The summed E-state index contributed by atoms with van der Waals surface area (Å²) in [4.78, 5) is 6.82. The summed E-state index contributed by atoms with van der Waals surface area (Å²) in [5.41, 5.74) is 0.713. The van der Waals surface area contributed by atoms with Gasteiger partial charge in [0, 0.05) is 25.2 Å². The summed E-state index contributed by atoms with van der Waals surface area (Å²) in [7, 11) is 0. The topological polar surface area (TPSA) is 45.5 Å². The molecule has 2 saturated heterocycles. The normalized spacial score (nSPS) is 28.2. The lowest BCUT2D eigenvalue weighted by molar-refractivity contribution is 0.355. The smallest absolute Gasteiger partial charge is 0.246 e. The molecule has 2 unspecified atom stereocenters. The lowest BCUT2D eigenvalue weighted by atomic mass is 9.85. The first-order chi connectivity index (χ1) is 9.55. The molecule has 0 aromatic carbocycles. The quantitative estimate of drug-likeness (QED) is 0.852. The fourth-order valence-corrected chi connectivity index (χ4v) is 3.72. The highest BCUT2D eigenvalue weighted by Gasteiger charge is 2.50. The third-order valence-electron chi connectivity index (χ3n) is 4.89. The number of nitrogens with zero attached hydrogens (tertiary/aromatic N) is 4. The van der Waals surface area contributed by atoms with Crippen molar-refractivity contribution in [3.63, 3.8) is 0 Å². The standard InChI is InChI=1S/C14H18FN5/c1-14(2)11-6-16-5-9(11)7-19(14)13-17-12-4-3-10(15)8-20(12)18-13/h3-4,8-9,11,16H,5-7H2,1-2H3. The summed E-state index contributed by atoms with van der Waals surface area (Å²) in [6.07, 6.45) is 1.37. The van der Waals surface area contributed by atoms with E-state index in [1.807, 2.05) is 0 Å². The second-order valence-electron chi connectivity index (χ2n) is 6.35. The van der Waals surface area contributed by atoms with Crippen molar-refractivity contribution in [1.82, 2.24) is 19.9 Å². The van der Waals surface area contributed by atoms with Gasteiger partial charge in [0.15, 0.2) is 5.65 Å². The molecule has 4 heterocycles. The molecule has 2 atom stereocenters. The van der Waals surface area contributed by atoms with Gasteiger partial charge >= 0.3 is 0 Å². The van der Waals surface area contributed by atoms with E-state index < -0.39 is 0 Å². The monoisotopic (exact) mass is 275 g/mol. The fourth-order valence-electron chi connectivity index (χ4n) is 3.72. The number of rotatable bonds is 1. The molecule has 0 amide bonds. The maximum Gasteiger partial charge on any atom is 0.246 e. The van der Waals surface area contributed by atoms with Crippen molar-refractivity contribution in [2.75, 3.05) is 24.5 Å². The van der Waals surface area contributed by atoms with Crippen LogP contribution in [0.15, 0.2) is 18.3 Å². The largest absolute Gasteiger partial charge is 0.334 e. The first-order valence-corrected chi connectivity index (χ1v) is 7.06. The van der Waals surface area contributed by atoms with E-state index in [1.54, 1.807) is 6.07 Å². The molecule has 20 heavy (non-hydrogen) atoms. The third kappa shape index (κ3) is 1.57. The minimum atomic E-state index is -0.296. The fraction of sp³-hybridized carbons (Fsp3) is 0.571. The molecule has 0 radical (unpaired) electrons. The van der Waals surface area contributed by atoms with E-state index in [4.69, 9.17) is 0 Å². The van der Waals surface area contributed by atoms with E-state index in [9.17, 15) is 4.39 Å². The predicted molar refractivity (Wildman–Crippen MR) is 74.2 cm³/mol. The Balaban J connectivity index is 1.75. The highest BCUT2D eigenvalue weighted by Crippen LogP contribution is 2.42. The molecular weight excluding hydrogens is 257 g/mol. The first-order valence-electron chi connectivity index (χ1n) is 7.06. The van der Waals surface area contributed by atoms with Gasteiger partial charge in [-0.25, -0.2) is 8.91 Å². The zero-order valence-electron chi connectivity index (χ0n) is 11.7. The van der Waals surface area contributed by atoms with Crippen molar-refractivity contribution < 1.29 is 4.39 Å².